The number of nitrogens with zero attached hydrogens (tertiary/aromatic N) is 2. The van der Waals surface area contributed by atoms with Crippen LogP contribution in [0.1, 0.15) is 31.1 Å². The molecule has 192 valence electrons. The SMILES string of the molecule is CCOc1cc(C(=O)NCCN2CCN(S(=O)(=O)c3ccccc3)CC2)cc(OCC)c1OCC. The van der Waals surface area contributed by atoms with Gasteiger partial charge in [-0.15, -0.1) is 0 Å². The fourth-order valence-electron chi connectivity index (χ4n) is 3.88. The van der Waals surface area contributed by atoms with Crippen molar-refractivity contribution in [1.82, 2.24) is 14.5 Å². The van der Waals surface area contributed by atoms with Crippen LogP contribution in [-0.4, -0.2) is 82.6 Å². The molecule has 0 radical (unpaired) electrons. The summed E-state index contributed by atoms with van der Waals surface area (Å²) in [5, 5.41) is 2.94. The molecule has 3 rings (SSSR count). The van der Waals surface area contributed by atoms with E-state index in [4.69, 9.17) is 14.2 Å². The largest absolute Gasteiger partial charge is 0.490 e. The summed E-state index contributed by atoms with van der Waals surface area (Å²) in [7, 11) is -3.48. The smallest absolute Gasteiger partial charge is 0.251 e. The first-order valence-corrected chi connectivity index (χ1v) is 13.5. The van der Waals surface area contributed by atoms with Gasteiger partial charge in [0.15, 0.2) is 11.5 Å². The molecule has 2 aromatic carbocycles. The number of sulfonamides is 1. The standard InChI is InChI=1S/C25H35N3O6S/c1-4-32-22-18-20(19-23(33-5-2)24(22)34-6-3)25(29)26-12-13-27-14-16-28(17-15-27)35(30,31)21-10-8-7-9-11-21/h7-11,18-19H,4-6,12-17H2,1-3H3,(H,26,29). The second kappa shape index (κ2) is 12.8. The molecule has 0 aromatic heterocycles. The molecule has 0 atom stereocenters. The maximum absolute atomic E-state index is 12.8. The summed E-state index contributed by atoms with van der Waals surface area (Å²) < 4.78 is 44.2. The van der Waals surface area contributed by atoms with E-state index in [1.807, 2.05) is 20.8 Å². The third-order valence-electron chi connectivity index (χ3n) is 5.60. The fourth-order valence-corrected chi connectivity index (χ4v) is 5.33. The van der Waals surface area contributed by atoms with Crippen molar-refractivity contribution < 1.29 is 27.4 Å². The van der Waals surface area contributed by atoms with Crippen LogP contribution < -0.4 is 19.5 Å². The first-order valence-electron chi connectivity index (χ1n) is 12.0. The number of carbonyl (C=O) groups excluding carboxylic acids is 1. The van der Waals surface area contributed by atoms with Crippen molar-refractivity contribution in [1.29, 1.82) is 0 Å². The molecule has 35 heavy (non-hydrogen) atoms. The van der Waals surface area contributed by atoms with Gasteiger partial charge in [0.25, 0.3) is 5.91 Å². The van der Waals surface area contributed by atoms with Crippen molar-refractivity contribution in [3.63, 3.8) is 0 Å². The zero-order chi connectivity index (χ0) is 25.3. The fraction of sp³-hybridized carbons (Fsp3) is 0.480. The maximum Gasteiger partial charge on any atom is 0.251 e. The summed E-state index contributed by atoms with van der Waals surface area (Å²) in [5.41, 5.74) is 0.430. The summed E-state index contributed by atoms with van der Waals surface area (Å²) in [5.74, 6) is 1.21. The number of nitrogens with one attached hydrogen (secondary N) is 1. The minimum Gasteiger partial charge on any atom is -0.490 e. The zero-order valence-electron chi connectivity index (χ0n) is 20.7. The third kappa shape index (κ3) is 6.87. The second-order valence-electron chi connectivity index (χ2n) is 7.92. The van der Waals surface area contributed by atoms with Crippen molar-refractivity contribution in [2.24, 2.45) is 0 Å². The number of ether oxygens (including phenoxy) is 3. The Hall–Kier alpha value is -2.82. The minimum absolute atomic E-state index is 0.236. The highest BCUT2D eigenvalue weighted by atomic mass is 32.2. The Kier molecular flexibility index (Phi) is 9.76. The lowest BCUT2D eigenvalue weighted by molar-refractivity contribution is 0.0944. The highest BCUT2D eigenvalue weighted by Crippen LogP contribution is 2.39. The number of rotatable bonds is 12. The molecule has 0 bridgehead atoms. The van der Waals surface area contributed by atoms with Crippen LogP contribution in [0.3, 0.4) is 0 Å². The zero-order valence-corrected chi connectivity index (χ0v) is 21.5. The maximum atomic E-state index is 12.8. The van der Waals surface area contributed by atoms with Crippen molar-refractivity contribution >= 4 is 15.9 Å². The molecule has 1 N–H and O–H groups in total. The summed E-state index contributed by atoms with van der Waals surface area (Å²) in [6.45, 7) is 10.0. The minimum atomic E-state index is -3.48. The Bertz CT molecular complexity index is 1040. The molecule has 10 heteroatoms. The van der Waals surface area contributed by atoms with Crippen molar-refractivity contribution in [3.05, 3.63) is 48.0 Å². The number of hydrogen-bond acceptors (Lipinski definition) is 7. The van der Waals surface area contributed by atoms with E-state index in [9.17, 15) is 13.2 Å². The van der Waals surface area contributed by atoms with E-state index >= 15 is 0 Å². The van der Waals surface area contributed by atoms with Crippen LogP contribution in [0, 0.1) is 0 Å². The van der Waals surface area contributed by atoms with Crippen LogP contribution in [0.25, 0.3) is 0 Å². The number of piperazine rings is 1. The molecule has 0 spiro atoms. The highest BCUT2D eigenvalue weighted by molar-refractivity contribution is 7.89. The Balaban J connectivity index is 1.55. The van der Waals surface area contributed by atoms with Gasteiger partial charge in [0.1, 0.15) is 0 Å². The van der Waals surface area contributed by atoms with E-state index in [1.54, 1.807) is 42.5 Å². The lowest BCUT2D eigenvalue weighted by Gasteiger charge is -2.33. The molecule has 0 unspecified atom stereocenters. The Morgan fingerprint density at radius 2 is 1.46 bits per heavy atom. The lowest BCUT2D eigenvalue weighted by Crippen LogP contribution is -2.50. The quantitative estimate of drug-likeness (QED) is 0.474. The molecule has 9 nitrogen and oxygen atoms in total. The van der Waals surface area contributed by atoms with Crippen LogP contribution in [0.4, 0.5) is 0 Å². The van der Waals surface area contributed by atoms with Crippen LogP contribution in [0.15, 0.2) is 47.4 Å². The van der Waals surface area contributed by atoms with Crippen molar-refractivity contribution in [2.45, 2.75) is 25.7 Å². The predicted octanol–water partition coefficient (Wildman–Crippen LogP) is 2.62. The van der Waals surface area contributed by atoms with E-state index in [0.717, 1.165) is 0 Å². The molecule has 1 fully saturated rings. The van der Waals surface area contributed by atoms with Gasteiger partial charge >= 0.3 is 0 Å². The van der Waals surface area contributed by atoms with Gasteiger partial charge in [0, 0.05) is 44.8 Å². The van der Waals surface area contributed by atoms with E-state index in [-0.39, 0.29) is 5.91 Å². The van der Waals surface area contributed by atoms with Crippen LogP contribution in [0.5, 0.6) is 17.2 Å². The summed E-state index contributed by atoms with van der Waals surface area (Å²) in [4.78, 5) is 15.3. The third-order valence-corrected chi connectivity index (χ3v) is 7.51. The number of amides is 1. The summed E-state index contributed by atoms with van der Waals surface area (Å²) >= 11 is 0. The van der Waals surface area contributed by atoms with Crippen LogP contribution in [0.2, 0.25) is 0 Å². The number of carbonyl (C=O) groups is 1. The molecule has 0 saturated carbocycles. The molecule has 0 aliphatic carbocycles. The summed E-state index contributed by atoms with van der Waals surface area (Å²) in [6.07, 6.45) is 0. The van der Waals surface area contributed by atoms with E-state index in [1.165, 1.54) is 4.31 Å². The van der Waals surface area contributed by atoms with Gasteiger partial charge < -0.3 is 19.5 Å². The average Bonchev–Trinajstić information content (AvgIpc) is 2.87. The molecule has 1 aliphatic heterocycles. The van der Waals surface area contributed by atoms with E-state index < -0.39 is 10.0 Å². The predicted molar refractivity (Wildman–Crippen MR) is 134 cm³/mol. The average molecular weight is 506 g/mol. The van der Waals surface area contributed by atoms with Gasteiger partial charge in [-0.3, -0.25) is 9.69 Å². The van der Waals surface area contributed by atoms with Crippen molar-refractivity contribution in [3.8, 4) is 17.2 Å². The van der Waals surface area contributed by atoms with Gasteiger partial charge in [0.2, 0.25) is 15.8 Å². The highest BCUT2D eigenvalue weighted by Gasteiger charge is 2.28. The monoisotopic (exact) mass is 505 g/mol. The topological polar surface area (TPSA) is 97.4 Å². The van der Waals surface area contributed by atoms with Crippen LogP contribution in [-0.2, 0) is 10.0 Å². The molecule has 1 aliphatic rings. The van der Waals surface area contributed by atoms with Gasteiger partial charge in [0.05, 0.1) is 24.7 Å². The molecular weight excluding hydrogens is 470 g/mol. The van der Waals surface area contributed by atoms with Crippen molar-refractivity contribution in [2.75, 3.05) is 59.1 Å². The Morgan fingerprint density at radius 3 is 2.00 bits per heavy atom. The first kappa shape index (κ1) is 26.8. The molecular formula is C25H35N3O6S. The van der Waals surface area contributed by atoms with Gasteiger partial charge in [-0.2, -0.15) is 4.31 Å². The normalized spacial score (nSPS) is 14.9. The number of benzene rings is 2. The molecule has 1 saturated heterocycles. The Morgan fingerprint density at radius 1 is 0.886 bits per heavy atom. The molecule has 1 heterocycles. The van der Waals surface area contributed by atoms with Gasteiger partial charge in [-0.05, 0) is 45.0 Å². The Labute approximate surface area is 208 Å². The number of hydrogen-bond donors (Lipinski definition) is 1. The van der Waals surface area contributed by atoms with Crippen LogP contribution >= 0.6 is 0 Å². The molecule has 2 aromatic rings. The first-order chi connectivity index (χ1) is 16.9. The van der Waals surface area contributed by atoms with E-state index in [0.29, 0.717) is 86.8 Å². The lowest BCUT2D eigenvalue weighted by atomic mass is 10.1. The second-order valence-corrected chi connectivity index (χ2v) is 9.85. The summed E-state index contributed by atoms with van der Waals surface area (Å²) in [6, 6.07) is 11.8. The van der Waals surface area contributed by atoms with Gasteiger partial charge in [-0.1, -0.05) is 18.2 Å². The van der Waals surface area contributed by atoms with Gasteiger partial charge in [-0.25, -0.2) is 8.42 Å². The van der Waals surface area contributed by atoms with E-state index in [2.05, 4.69) is 10.2 Å². The molecule has 1 amide bonds.